The number of halogens is 3. The third-order valence-electron chi connectivity index (χ3n) is 2.21. The Hall–Kier alpha value is -2.12. The van der Waals surface area contributed by atoms with E-state index in [1.165, 1.54) is 13.8 Å². The van der Waals surface area contributed by atoms with Crippen LogP contribution in [-0.4, -0.2) is 23.2 Å². The first-order chi connectivity index (χ1) is 8.59. The second-order valence-corrected chi connectivity index (χ2v) is 4.23. The van der Waals surface area contributed by atoms with E-state index in [9.17, 15) is 23.1 Å². The summed E-state index contributed by atoms with van der Waals surface area (Å²) in [5.74, 6) is -4.13. The van der Waals surface area contributed by atoms with Gasteiger partial charge in [-0.2, -0.15) is 0 Å². The van der Waals surface area contributed by atoms with Crippen LogP contribution >= 0.6 is 0 Å². The van der Waals surface area contributed by atoms with Gasteiger partial charge in [0.15, 0.2) is 11.5 Å². The summed E-state index contributed by atoms with van der Waals surface area (Å²) in [5.41, 5.74) is -0.600. The number of alkyl halides is 3. The van der Waals surface area contributed by atoms with Gasteiger partial charge in [0.25, 0.3) is 0 Å². The van der Waals surface area contributed by atoms with Crippen molar-refractivity contribution in [2.45, 2.75) is 26.0 Å². The van der Waals surface area contributed by atoms with E-state index in [-0.39, 0.29) is 0 Å². The number of phenols is 1. The predicted molar refractivity (Wildman–Crippen MR) is 54.9 cm³/mol. The standard InChI is InChI=1S/C11H9F3O5/c1-10(2)18-8-5(15)3-4-6(17-11(12,13)14)7(8)9(16)19-10/h3-4,15H,1-2H3. The van der Waals surface area contributed by atoms with E-state index < -0.39 is 40.9 Å². The second-order valence-electron chi connectivity index (χ2n) is 4.23. The van der Waals surface area contributed by atoms with Crippen molar-refractivity contribution in [2.75, 3.05) is 0 Å². The number of fused-ring (bicyclic) bond motifs is 1. The molecule has 1 aromatic carbocycles. The number of ether oxygens (including phenoxy) is 3. The molecule has 0 aromatic heterocycles. The van der Waals surface area contributed by atoms with Crippen molar-refractivity contribution in [1.29, 1.82) is 0 Å². The summed E-state index contributed by atoms with van der Waals surface area (Å²) in [7, 11) is 0. The molecule has 1 aliphatic rings. The average molecular weight is 278 g/mol. The molecule has 0 aliphatic carbocycles. The molecule has 5 nitrogen and oxygen atoms in total. The third kappa shape index (κ3) is 2.67. The van der Waals surface area contributed by atoms with E-state index in [0.29, 0.717) is 0 Å². The Labute approximate surface area is 105 Å². The molecule has 0 spiro atoms. The molecule has 2 rings (SSSR count). The summed E-state index contributed by atoms with van der Waals surface area (Å²) in [6, 6.07) is 1.75. The van der Waals surface area contributed by atoms with Crippen molar-refractivity contribution >= 4 is 5.97 Å². The van der Waals surface area contributed by atoms with Gasteiger partial charge in [-0.3, -0.25) is 0 Å². The van der Waals surface area contributed by atoms with Crippen LogP contribution in [0.1, 0.15) is 24.2 Å². The van der Waals surface area contributed by atoms with Crippen LogP contribution in [0.5, 0.6) is 17.2 Å². The topological polar surface area (TPSA) is 65.0 Å². The summed E-state index contributed by atoms with van der Waals surface area (Å²) >= 11 is 0. The van der Waals surface area contributed by atoms with Gasteiger partial charge in [-0.1, -0.05) is 0 Å². The highest BCUT2D eigenvalue weighted by Crippen LogP contribution is 2.44. The van der Waals surface area contributed by atoms with Crippen molar-refractivity contribution in [3.8, 4) is 17.2 Å². The molecule has 0 unspecified atom stereocenters. The maximum Gasteiger partial charge on any atom is 0.573 e. The van der Waals surface area contributed by atoms with E-state index in [1.807, 2.05) is 0 Å². The number of phenolic OH excluding ortho intramolecular Hbond substituents is 1. The normalized spacial score (nSPS) is 17.2. The Bertz CT molecular complexity index is 536. The number of hydrogen-bond acceptors (Lipinski definition) is 5. The van der Waals surface area contributed by atoms with Gasteiger partial charge in [-0.05, 0) is 12.1 Å². The fourth-order valence-electron chi connectivity index (χ4n) is 1.60. The molecular formula is C11H9F3O5. The highest BCUT2D eigenvalue weighted by molar-refractivity contribution is 5.97. The maximum absolute atomic E-state index is 12.2. The molecule has 1 aromatic rings. The zero-order chi connectivity index (χ0) is 14.4. The molecule has 8 heteroatoms. The smallest absolute Gasteiger partial charge is 0.504 e. The van der Waals surface area contributed by atoms with E-state index in [4.69, 9.17) is 9.47 Å². The first-order valence-electron chi connectivity index (χ1n) is 5.13. The molecule has 1 N–H and O–H groups in total. The average Bonchev–Trinajstić information content (AvgIpc) is 2.18. The van der Waals surface area contributed by atoms with Crippen molar-refractivity contribution in [3.05, 3.63) is 17.7 Å². The van der Waals surface area contributed by atoms with Gasteiger partial charge >= 0.3 is 12.3 Å². The number of aromatic hydroxyl groups is 1. The van der Waals surface area contributed by atoms with E-state index in [2.05, 4.69) is 4.74 Å². The molecule has 0 amide bonds. The lowest BCUT2D eigenvalue weighted by molar-refractivity contribution is -0.275. The van der Waals surface area contributed by atoms with Crippen LogP contribution in [0, 0.1) is 0 Å². The highest BCUT2D eigenvalue weighted by Gasteiger charge is 2.41. The monoisotopic (exact) mass is 278 g/mol. The predicted octanol–water partition coefficient (Wildman–Crippen LogP) is 2.58. The number of esters is 1. The Kier molecular flexibility index (Phi) is 2.76. The lowest BCUT2D eigenvalue weighted by Gasteiger charge is -2.32. The van der Waals surface area contributed by atoms with Crippen LogP contribution < -0.4 is 9.47 Å². The van der Waals surface area contributed by atoms with Gasteiger partial charge in [0, 0.05) is 13.8 Å². The minimum Gasteiger partial charge on any atom is -0.504 e. The van der Waals surface area contributed by atoms with Crippen molar-refractivity contribution in [1.82, 2.24) is 0 Å². The quantitative estimate of drug-likeness (QED) is 0.800. The van der Waals surface area contributed by atoms with Crippen LogP contribution in [-0.2, 0) is 4.74 Å². The van der Waals surface area contributed by atoms with Crippen LogP contribution in [0.25, 0.3) is 0 Å². The number of cyclic esters (lactones) is 1. The second kappa shape index (κ2) is 3.94. The largest absolute Gasteiger partial charge is 0.573 e. The first-order valence-corrected chi connectivity index (χ1v) is 5.13. The lowest BCUT2D eigenvalue weighted by Crippen LogP contribution is -2.39. The van der Waals surface area contributed by atoms with Crippen LogP contribution in [0.3, 0.4) is 0 Å². The Morgan fingerprint density at radius 1 is 1.26 bits per heavy atom. The van der Waals surface area contributed by atoms with Crippen LogP contribution in [0.2, 0.25) is 0 Å². The number of benzene rings is 1. The van der Waals surface area contributed by atoms with Crippen molar-refractivity contribution in [3.63, 3.8) is 0 Å². The maximum atomic E-state index is 12.2. The molecule has 0 bridgehead atoms. The fourth-order valence-corrected chi connectivity index (χ4v) is 1.60. The molecule has 19 heavy (non-hydrogen) atoms. The van der Waals surface area contributed by atoms with Gasteiger partial charge < -0.3 is 19.3 Å². The van der Waals surface area contributed by atoms with Crippen molar-refractivity contribution < 1.29 is 37.3 Å². The number of carbonyl (C=O) groups is 1. The molecule has 0 atom stereocenters. The Morgan fingerprint density at radius 2 is 1.89 bits per heavy atom. The number of rotatable bonds is 1. The summed E-state index contributed by atoms with van der Waals surface area (Å²) in [6.45, 7) is 2.76. The summed E-state index contributed by atoms with van der Waals surface area (Å²) in [4.78, 5) is 11.7. The number of carbonyl (C=O) groups excluding carboxylic acids is 1. The Morgan fingerprint density at radius 3 is 2.47 bits per heavy atom. The molecule has 1 heterocycles. The third-order valence-corrected chi connectivity index (χ3v) is 2.21. The molecule has 104 valence electrons. The molecule has 0 saturated heterocycles. The fraction of sp³-hybridized carbons (Fsp3) is 0.364. The van der Waals surface area contributed by atoms with Crippen LogP contribution in [0.15, 0.2) is 12.1 Å². The van der Waals surface area contributed by atoms with Gasteiger partial charge in [0.05, 0.1) is 0 Å². The molecule has 0 saturated carbocycles. The molecular weight excluding hydrogens is 269 g/mol. The van der Waals surface area contributed by atoms with Crippen LogP contribution in [0.4, 0.5) is 13.2 Å². The van der Waals surface area contributed by atoms with Gasteiger partial charge in [0.1, 0.15) is 11.3 Å². The number of hydrogen-bond donors (Lipinski definition) is 1. The van der Waals surface area contributed by atoms with E-state index in [0.717, 1.165) is 12.1 Å². The van der Waals surface area contributed by atoms with Gasteiger partial charge in [0.2, 0.25) is 5.79 Å². The minimum atomic E-state index is -4.97. The van der Waals surface area contributed by atoms with Gasteiger partial charge in [-0.15, -0.1) is 13.2 Å². The van der Waals surface area contributed by atoms with Crippen molar-refractivity contribution in [2.24, 2.45) is 0 Å². The molecule has 0 radical (unpaired) electrons. The first kappa shape index (κ1) is 13.3. The zero-order valence-electron chi connectivity index (χ0n) is 9.87. The molecule has 0 fully saturated rings. The zero-order valence-corrected chi connectivity index (χ0v) is 9.87. The Balaban J connectivity index is 2.54. The summed E-state index contributed by atoms with van der Waals surface area (Å²) in [5, 5.41) is 9.56. The summed E-state index contributed by atoms with van der Waals surface area (Å²) in [6.07, 6.45) is -4.97. The summed E-state index contributed by atoms with van der Waals surface area (Å²) < 4.78 is 50.3. The molecule has 1 aliphatic heterocycles. The highest BCUT2D eigenvalue weighted by atomic mass is 19.4. The van der Waals surface area contributed by atoms with Gasteiger partial charge in [-0.25, -0.2) is 4.79 Å². The van der Waals surface area contributed by atoms with E-state index in [1.54, 1.807) is 0 Å². The SMILES string of the molecule is CC1(C)OC(=O)c2c(OC(F)(F)F)ccc(O)c2O1. The minimum absolute atomic E-state index is 0.400. The lowest BCUT2D eigenvalue weighted by atomic mass is 10.1. The van der Waals surface area contributed by atoms with E-state index >= 15 is 0 Å².